The molecule has 3 rings (SSSR count). The molecular weight excluding hydrogens is 334 g/mol. The molecule has 0 unspecified atom stereocenters. The van der Waals surface area contributed by atoms with Crippen molar-refractivity contribution < 1.29 is 4.79 Å². The normalized spacial score (nSPS) is 10.4. The molecule has 1 N–H and O–H groups in total. The highest BCUT2D eigenvalue weighted by Gasteiger charge is 2.12. The first kappa shape index (κ1) is 18.6. The van der Waals surface area contributed by atoms with Gasteiger partial charge in [-0.25, -0.2) is 0 Å². The van der Waals surface area contributed by atoms with Crippen molar-refractivity contribution >= 4 is 17.3 Å². The molecule has 0 saturated carbocycles. The molecule has 27 heavy (non-hydrogen) atoms. The van der Waals surface area contributed by atoms with Crippen LogP contribution in [-0.4, -0.2) is 24.0 Å². The van der Waals surface area contributed by atoms with E-state index in [2.05, 4.69) is 46.4 Å². The van der Waals surface area contributed by atoms with Crippen molar-refractivity contribution in [1.82, 2.24) is 10.3 Å². The number of carbonyl (C=O) groups excluding carboxylic acids is 1. The Hall–Kier alpha value is -3.14. The first-order valence-corrected chi connectivity index (χ1v) is 9.38. The molecule has 0 radical (unpaired) electrons. The first-order chi connectivity index (χ1) is 13.3. The van der Waals surface area contributed by atoms with Crippen molar-refractivity contribution in [2.45, 2.75) is 19.8 Å². The molecule has 138 valence electrons. The van der Waals surface area contributed by atoms with Crippen LogP contribution in [0.2, 0.25) is 0 Å². The molecule has 0 aliphatic rings. The van der Waals surface area contributed by atoms with Gasteiger partial charge in [0.15, 0.2) is 0 Å². The van der Waals surface area contributed by atoms with Crippen LogP contribution in [0.1, 0.15) is 29.4 Å². The summed E-state index contributed by atoms with van der Waals surface area (Å²) in [5, 5.41) is 2.97. The maximum atomic E-state index is 12.5. The number of benzene rings is 2. The van der Waals surface area contributed by atoms with E-state index in [1.54, 1.807) is 6.20 Å². The number of aryl methyl sites for hydroxylation is 1. The summed E-state index contributed by atoms with van der Waals surface area (Å²) in [4.78, 5) is 18.9. The first-order valence-electron chi connectivity index (χ1n) is 9.38. The van der Waals surface area contributed by atoms with Crippen molar-refractivity contribution in [1.29, 1.82) is 0 Å². The van der Waals surface area contributed by atoms with Crippen LogP contribution in [0.4, 0.5) is 11.4 Å². The summed E-state index contributed by atoms with van der Waals surface area (Å²) in [6.45, 7) is 3.54. The predicted molar refractivity (Wildman–Crippen MR) is 110 cm³/mol. The summed E-state index contributed by atoms with van der Waals surface area (Å²) < 4.78 is 0. The molecule has 2 aromatic carbocycles. The lowest BCUT2D eigenvalue weighted by Crippen LogP contribution is -2.26. The van der Waals surface area contributed by atoms with E-state index >= 15 is 0 Å². The van der Waals surface area contributed by atoms with Crippen molar-refractivity contribution in [2.24, 2.45) is 0 Å². The van der Waals surface area contributed by atoms with Crippen molar-refractivity contribution in [3.63, 3.8) is 0 Å². The van der Waals surface area contributed by atoms with Crippen molar-refractivity contribution in [2.75, 3.05) is 18.0 Å². The second kappa shape index (κ2) is 9.53. The number of pyridine rings is 1. The van der Waals surface area contributed by atoms with E-state index in [4.69, 9.17) is 0 Å². The molecule has 1 amide bonds. The number of rotatable bonds is 8. The predicted octanol–water partition coefficient (Wildman–Crippen LogP) is 4.60. The summed E-state index contributed by atoms with van der Waals surface area (Å²) in [5.41, 5.74) is 3.79. The van der Waals surface area contributed by atoms with Gasteiger partial charge in [-0.2, -0.15) is 0 Å². The highest BCUT2D eigenvalue weighted by atomic mass is 16.1. The lowest BCUT2D eigenvalue weighted by atomic mass is 10.1. The van der Waals surface area contributed by atoms with Gasteiger partial charge in [0, 0.05) is 30.7 Å². The zero-order chi connectivity index (χ0) is 18.9. The number of anilines is 2. The Morgan fingerprint density at radius 3 is 2.37 bits per heavy atom. The highest BCUT2D eigenvalue weighted by molar-refractivity contribution is 5.93. The zero-order valence-electron chi connectivity index (χ0n) is 15.6. The van der Waals surface area contributed by atoms with E-state index in [9.17, 15) is 4.79 Å². The number of nitrogens with one attached hydrogen (secondary N) is 1. The lowest BCUT2D eigenvalue weighted by Gasteiger charge is -2.23. The molecule has 4 nitrogen and oxygen atoms in total. The second-order valence-corrected chi connectivity index (χ2v) is 6.32. The van der Waals surface area contributed by atoms with Crippen molar-refractivity contribution in [3.8, 4) is 0 Å². The molecule has 0 saturated heterocycles. The van der Waals surface area contributed by atoms with Crippen LogP contribution in [0.3, 0.4) is 0 Å². The van der Waals surface area contributed by atoms with Gasteiger partial charge >= 0.3 is 0 Å². The van der Waals surface area contributed by atoms with Gasteiger partial charge in [-0.15, -0.1) is 0 Å². The summed E-state index contributed by atoms with van der Waals surface area (Å²) in [6, 6.07) is 24.2. The maximum Gasteiger partial charge on any atom is 0.269 e. The Kier molecular flexibility index (Phi) is 6.58. The summed E-state index contributed by atoms with van der Waals surface area (Å²) in [5.74, 6) is -0.131. The maximum absolute atomic E-state index is 12.5. The van der Waals surface area contributed by atoms with Crippen LogP contribution in [0, 0.1) is 0 Å². The van der Waals surface area contributed by atoms with Gasteiger partial charge in [0.1, 0.15) is 5.69 Å². The Bertz CT molecular complexity index is 850. The third kappa shape index (κ3) is 5.17. The van der Waals surface area contributed by atoms with E-state index in [0.29, 0.717) is 12.2 Å². The topological polar surface area (TPSA) is 45.2 Å². The largest absolute Gasteiger partial charge is 0.351 e. The molecule has 0 atom stereocenters. The van der Waals surface area contributed by atoms with Crippen LogP contribution in [0.25, 0.3) is 0 Å². The van der Waals surface area contributed by atoms with Gasteiger partial charge in [-0.1, -0.05) is 48.5 Å². The fourth-order valence-electron chi connectivity index (χ4n) is 3.06. The Morgan fingerprint density at radius 1 is 0.963 bits per heavy atom. The molecular formula is C23H25N3O. The van der Waals surface area contributed by atoms with Crippen LogP contribution >= 0.6 is 0 Å². The van der Waals surface area contributed by atoms with Gasteiger partial charge in [-0.3, -0.25) is 9.78 Å². The van der Waals surface area contributed by atoms with E-state index in [1.807, 2.05) is 48.5 Å². The number of carbonyl (C=O) groups is 1. The van der Waals surface area contributed by atoms with Gasteiger partial charge in [0.2, 0.25) is 0 Å². The molecule has 4 heteroatoms. The number of nitrogens with zero attached hydrogens (tertiary/aromatic N) is 2. The van der Waals surface area contributed by atoms with E-state index < -0.39 is 0 Å². The van der Waals surface area contributed by atoms with Gasteiger partial charge in [-0.05, 0) is 49.6 Å². The number of hydrogen-bond acceptors (Lipinski definition) is 3. The van der Waals surface area contributed by atoms with Crippen LogP contribution < -0.4 is 10.2 Å². The molecule has 3 aromatic rings. The van der Waals surface area contributed by atoms with Crippen LogP contribution in [0.5, 0.6) is 0 Å². The molecule has 0 fully saturated rings. The second-order valence-electron chi connectivity index (χ2n) is 6.32. The number of aromatic nitrogens is 1. The molecule has 0 aliphatic heterocycles. The monoisotopic (exact) mass is 359 g/mol. The fourth-order valence-corrected chi connectivity index (χ4v) is 3.06. The minimum absolute atomic E-state index is 0.131. The van der Waals surface area contributed by atoms with Gasteiger partial charge in [0.05, 0.1) is 0 Å². The summed E-state index contributed by atoms with van der Waals surface area (Å²) in [6.07, 6.45) is 3.55. The van der Waals surface area contributed by atoms with Crippen LogP contribution in [-0.2, 0) is 6.42 Å². The van der Waals surface area contributed by atoms with E-state index in [0.717, 1.165) is 30.8 Å². The van der Waals surface area contributed by atoms with Crippen LogP contribution in [0.15, 0.2) is 79.0 Å². The highest BCUT2D eigenvalue weighted by Crippen LogP contribution is 2.24. The smallest absolute Gasteiger partial charge is 0.269 e. The molecule has 0 bridgehead atoms. The average molecular weight is 359 g/mol. The summed E-state index contributed by atoms with van der Waals surface area (Å²) >= 11 is 0. The fraction of sp³-hybridized carbons (Fsp3) is 0.217. The summed E-state index contributed by atoms with van der Waals surface area (Å²) in [7, 11) is 0. The van der Waals surface area contributed by atoms with E-state index in [-0.39, 0.29) is 5.91 Å². The van der Waals surface area contributed by atoms with Crippen molar-refractivity contribution in [3.05, 3.63) is 90.3 Å². The van der Waals surface area contributed by atoms with Gasteiger partial charge < -0.3 is 10.2 Å². The molecule has 1 aromatic heterocycles. The SMILES string of the molecule is CCN(c1ccccc1)c1ccnc(C(=O)NCCCc2ccccc2)c1. The average Bonchev–Trinajstić information content (AvgIpc) is 2.73. The molecule has 0 aliphatic carbocycles. The standard InChI is InChI=1S/C23H25N3O/c1-2-26(20-13-7-4-8-14-20)21-15-17-24-22(18-21)23(27)25-16-9-12-19-10-5-3-6-11-19/h3-8,10-11,13-15,17-18H,2,9,12,16H2,1H3,(H,25,27). The Balaban J connectivity index is 1.60. The van der Waals surface area contributed by atoms with E-state index in [1.165, 1.54) is 5.56 Å². The van der Waals surface area contributed by atoms with Gasteiger partial charge in [0.25, 0.3) is 5.91 Å². The number of para-hydroxylation sites is 1. The zero-order valence-corrected chi connectivity index (χ0v) is 15.6. The number of hydrogen-bond donors (Lipinski definition) is 1. The quantitative estimate of drug-likeness (QED) is 0.598. The minimum Gasteiger partial charge on any atom is -0.351 e. The lowest BCUT2D eigenvalue weighted by molar-refractivity contribution is 0.0948. The third-order valence-electron chi connectivity index (χ3n) is 4.44. The third-order valence-corrected chi connectivity index (χ3v) is 4.44. The molecule has 1 heterocycles. The Labute approximate surface area is 160 Å². The minimum atomic E-state index is -0.131. The number of amides is 1. The molecule has 0 spiro atoms. The Morgan fingerprint density at radius 2 is 1.67 bits per heavy atom.